The molecule has 0 spiro atoms. The van der Waals surface area contributed by atoms with E-state index >= 15 is 0 Å². The normalized spacial score (nSPS) is 33.4. The Balaban J connectivity index is 1.57. The lowest BCUT2D eigenvalue weighted by atomic mass is 9.82. The van der Waals surface area contributed by atoms with Crippen molar-refractivity contribution in [2.24, 2.45) is 17.8 Å². The van der Waals surface area contributed by atoms with Crippen LogP contribution in [0.4, 0.5) is 0 Å². The number of amides is 1. The van der Waals surface area contributed by atoms with Crippen molar-refractivity contribution in [1.82, 2.24) is 9.96 Å². The first-order valence-corrected chi connectivity index (χ1v) is 8.11. The molecule has 0 aromatic carbocycles. The van der Waals surface area contributed by atoms with Crippen LogP contribution in [0.15, 0.2) is 0 Å². The molecule has 0 unspecified atom stereocenters. The molecule has 0 saturated carbocycles. The van der Waals surface area contributed by atoms with Gasteiger partial charge in [0, 0.05) is 26.2 Å². The highest BCUT2D eigenvalue weighted by Crippen LogP contribution is 2.35. The molecule has 21 heavy (non-hydrogen) atoms. The topological polar surface area (TPSA) is 51.2 Å². The van der Waals surface area contributed by atoms with Crippen LogP contribution in [0.3, 0.4) is 0 Å². The van der Waals surface area contributed by atoms with Crippen molar-refractivity contribution in [2.75, 3.05) is 59.2 Å². The highest BCUT2D eigenvalue weighted by Gasteiger charge is 2.45. The molecular weight excluding hydrogens is 272 g/mol. The van der Waals surface area contributed by atoms with Crippen LogP contribution in [0.25, 0.3) is 0 Å². The largest absolute Gasteiger partial charge is 0.380 e. The number of hydrogen-bond donors (Lipinski definition) is 0. The fraction of sp³-hybridized carbons (Fsp3) is 0.933. The second-order valence-electron chi connectivity index (χ2n) is 6.15. The van der Waals surface area contributed by atoms with Gasteiger partial charge in [-0.05, 0) is 25.2 Å². The first kappa shape index (κ1) is 15.2. The van der Waals surface area contributed by atoms with Gasteiger partial charge in [-0.25, -0.2) is 5.06 Å². The number of hydroxylamine groups is 2. The summed E-state index contributed by atoms with van der Waals surface area (Å²) in [6, 6.07) is 0. The number of carbonyl (C=O) groups is 1. The molecule has 0 radical (unpaired) electrons. The molecule has 120 valence electrons. The van der Waals surface area contributed by atoms with E-state index in [1.54, 1.807) is 5.06 Å². The molecule has 0 bridgehead atoms. The summed E-state index contributed by atoms with van der Waals surface area (Å²) in [5.41, 5.74) is 0. The van der Waals surface area contributed by atoms with Crippen LogP contribution in [0.1, 0.15) is 13.3 Å². The maximum Gasteiger partial charge on any atom is 0.251 e. The van der Waals surface area contributed by atoms with Gasteiger partial charge in [-0.1, -0.05) is 0 Å². The van der Waals surface area contributed by atoms with E-state index in [0.29, 0.717) is 25.0 Å². The van der Waals surface area contributed by atoms with Gasteiger partial charge in [-0.3, -0.25) is 9.63 Å². The summed E-state index contributed by atoms with van der Waals surface area (Å²) in [5, 5.41) is 1.55. The van der Waals surface area contributed by atoms with Crippen molar-refractivity contribution in [3.05, 3.63) is 0 Å². The summed E-state index contributed by atoms with van der Waals surface area (Å²) in [5.74, 6) is 0.946. The first-order valence-electron chi connectivity index (χ1n) is 8.11. The van der Waals surface area contributed by atoms with Crippen molar-refractivity contribution in [2.45, 2.75) is 13.3 Å². The van der Waals surface area contributed by atoms with Gasteiger partial charge < -0.3 is 14.4 Å². The number of rotatable bonds is 5. The van der Waals surface area contributed by atoms with Crippen LogP contribution >= 0.6 is 0 Å². The Labute approximate surface area is 126 Å². The molecule has 3 heterocycles. The summed E-state index contributed by atoms with van der Waals surface area (Å²) in [7, 11) is 0. The average molecular weight is 298 g/mol. The van der Waals surface area contributed by atoms with Crippen molar-refractivity contribution in [1.29, 1.82) is 0 Å². The predicted octanol–water partition coefficient (Wildman–Crippen LogP) is 0.381. The summed E-state index contributed by atoms with van der Waals surface area (Å²) in [6.45, 7) is 9.19. The minimum atomic E-state index is -0.0426. The smallest absolute Gasteiger partial charge is 0.251 e. The van der Waals surface area contributed by atoms with E-state index in [2.05, 4.69) is 4.90 Å². The van der Waals surface area contributed by atoms with Crippen molar-refractivity contribution in [3.63, 3.8) is 0 Å². The maximum atomic E-state index is 12.6. The van der Waals surface area contributed by atoms with Gasteiger partial charge in [0.15, 0.2) is 0 Å². The highest BCUT2D eigenvalue weighted by molar-refractivity contribution is 5.78. The zero-order chi connectivity index (χ0) is 14.7. The number of nitrogens with zero attached hydrogens (tertiary/aromatic N) is 2. The third-order valence-electron chi connectivity index (χ3n) is 4.79. The van der Waals surface area contributed by atoms with Gasteiger partial charge in [0.05, 0.1) is 38.9 Å². The summed E-state index contributed by atoms with van der Waals surface area (Å²) in [6.07, 6.45) is 0.938. The fourth-order valence-corrected chi connectivity index (χ4v) is 3.67. The lowest BCUT2D eigenvalue weighted by Gasteiger charge is -2.33. The van der Waals surface area contributed by atoms with E-state index in [9.17, 15) is 4.79 Å². The van der Waals surface area contributed by atoms with Crippen LogP contribution in [0.5, 0.6) is 0 Å². The Morgan fingerprint density at radius 3 is 3.00 bits per heavy atom. The summed E-state index contributed by atoms with van der Waals surface area (Å²) in [4.78, 5) is 20.4. The standard InChI is InChI=1S/C15H26N2O4/c1-2-19-7-5-16-8-12-10-20-11-14(13(12)9-16)15(18)17-4-3-6-21-17/h12-14H,2-11H2,1H3/t12-,13-,14+/m0/s1. The molecule has 3 rings (SSSR count). The zero-order valence-corrected chi connectivity index (χ0v) is 12.8. The van der Waals surface area contributed by atoms with Crippen molar-refractivity contribution < 1.29 is 19.1 Å². The second kappa shape index (κ2) is 7.05. The molecule has 6 heteroatoms. The van der Waals surface area contributed by atoms with Crippen molar-refractivity contribution in [3.8, 4) is 0 Å². The van der Waals surface area contributed by atoms with Crippen LogP contribution in [-0.4, -0.2) is 75.1 Å². The Morgan fingerprint density at radius 1 is 1.33 bits per heavy atom. The molecule has 3 aliphatic heterocycles. The molecule has 0 aromatic heterocycles. The van der Waals surface area contributed by atoms with Gasteiger partial charge in [0.1, 0.15) is 0 Å². The minimum Gasteiger partial charge on any atom is -0.380 e. The minimum absolute atomic E-state index is 0.0426. The number of likely N-dealkylation sites (tertiary alicyclic amines) is 1. The molecule has 0 aromatic rings. The summed E-state index contributed by atoms with van der Waals surface area (Å²) >= 11 is 0. The number of hydrogen-bond acceptors (Lipinski definition) is 5. The van der Waals surface area contributed by atoms with Gasteiger partial charge in [0.2, 0.25) is 0 Å². The molecule has 1 amide bonds. The SMILES string of the molecule is CCOCCN1C[C@H]2COC[C@@H](C(=O)N3CCCO3)[C@H]2C1. The van der Waals surface area contributed by atoms with Crippen LogP contribution in [0.2, 0.25) is 0 Å². The molecule has 3 fully saturated rings. The lowest BCUT2D eigenvalue weighted by molar-refractivity contribution is -0.181. The molecule has 6 nitrogen and oxygen atoms in total. The van der Waals surface area contributed by atoms with Crippen LogP contribution in [-0.2, 0) is 19.1 Å². The first-order chi connectivity index (χ1) is 10.3. The van der Waals surface area contributed by atoms with E-state index in [1.165, 1.54) is 0 Å². The van der Waals surface area contributed by atoms with E-state index in [4.69, 9.17) is 14.3 Å². The quantitative estimate of drug-likeness (QED) is 0.687. The third kappa shape index (κ3) is 3.39. The summed E-state index contributed by atoms with van der Waals surface area (Å²) < 4.78 is 11.1. The van der Waals surface area contributed by atoms with E-state index in [0.717, 1.165) is 52.4 Å². The monoisotopic (exact) mass is 298 g/mol. The molecule has 3 atom stereocenters. The predicted molar refractivity (Wildman–Crippen MR) is 76.5 cm³/mol. The molecule has 3 aliphatic rings. The van der Waals surface area contributed by atoms with E-state index < -0.39 is 0 Å². The van der Waals surface area contributed by atoms with Gasteiger partial charge >= 0.3 is 0 Å². The Hall–Kier alpha value is -0.690. The number of carbonyl (C=O) groups excluding carboxylic acids is 1. The van der Waals surface area contributed by atoms with Gasteiger partial charge in [-0.15, -0.1) is 0 Å². The van der Waals surface area contributed by atoms with E-state index in [-0.39, 0.29) is 11.8 Å². The Kier molecular flexibility index (Phi) is 5.11. The van der Waals surface area contributed by atoms with Crippen LogP contribution < -0.4 is 0 Å². The molecule has 0 aliphatic carbocycles. The Morgan fingerprint density at radius 2 is 2.24 bits per heavy atom. The highest BCUT2D eigenvalue weighted by atomic mass is 16.7. The Bertz CT molecular complexity index is 360. The molecule has 0 N–H and O–H groups in total. The zero-order valence-electron chi connectivity index (χ0n) is 12.8. The number of ether oxygens (including phenoxy) is 2. The molecular formula is C15H26N2O4. The number of fused-ring (bicyclic) bond motifs is 1. The maximum absolute atomic E-state index is 12.6. The molecule has 3 saturated heterocycles. The van der Waals surface area contributed by atoms with E-state index in [1.807, 2.05) is 6.92 Å². The lowest BCUT2D eigenvalue weighted by Crippen LogP contribution is -2.45. The van der Waals surface area contributed by atoms with Gasteiger partial charge in [0.25, 0.3) is 5.91 Å². The van der Waals surface area contributed by atoms with Crippen molar-refractivity contribution >= 4 is 5.91 Å². The average Bonchev–Trinajstić information content (AvgIpc) is 3.15. The third-order valence-corrected chi connectivity index (χ3v) is 4.79. The fourth-order valence-electron chi connectivity index (χ4n) is 3.67. The van der Waals surface area contributed by atoms with Gasteiger partial charge in [-0.2, -0.15) is 0 Å². The van der Waals surface area contributed by atoms with Crippen LogP contribution in [0, 0.1) is 17.8 Å². The second-order valence-corrected chi connectivity index (χ2v) is 6.15.